The molecule has 4 nitrogen and oxygen atoms in total. The SMILES string of the molecule is CC(NC(=O)c1cc2c(s1)CCCC2)(C(=O)O)C(F)(F)F. The number of aliphatic carboxylic acids is 1. The van der Waals surface area contributed by atoms with Gasteiger partial charge in [0.15, 0.2) is 0 Å². The van der Waals surface area contributed by atoms with Gasteiger partial charge in [0.2, 0.25) is 5.54 Å². The quantitative estimate of drug-likeness (QED) is 0.899. The smallest absolute Gasteiger partial charge is 0.422 e. The van der Waals surface area contributed by atoms with Crippen molar-refractivity contribution in [1.29, 1.82) is 0 Å². The van der Waals surface area contributed by atoms with E-state index in [1.54, 1.807) is 11.4 Å². The minimum atomic E-state index is -5.08. The molecule has 1 aliphatic carbocycles. The molecule has 0 aromatic carbocycles. The molecule has 0 radical (unpaired) electrons. The van der Waals surface area contributed by atoms with Crippen LogP contribution in [0.4, 0.5) is 13.2 Å². The zero-order valence-corrected chi connectivity index (χ0v) is 12.0. The van der Waals surface area contributed by atoms with E-state index >= 15 is 0 Å². The molecular formula is C13H14F3NO3S. The third-order valence-electron chi connectivity index (χ3n) is 3.58. The van der Waals surface area contributed by atoms with Crippen LogP contribution in [-0.4, -0.2) is 28.7 Å². The Balaban J connectivity index is 2.24. The predicted molar refractivity (Wildman–Crippen MR) is 70.5 cm³/mol. The zero-order valence-electron chi connectivity index (χ0n) is 11.2. The summed E-state index contributed by atoms with van der Waals surface area (Å²) < 4.78 is 38.6. The molecule has 0 saturated carbocycles. The number of carbonyl (C=O) groups is 2. The molecule has 1 heterocycles. The summed E-state index contributed by atoms with van der Waals surface area (Å²) in [5.41, 5.74) is -2.32. The van der Waals surface area contributed by atoms with E-state index in [0.717, 1.165) is 47.5 Å². The summed E-state index contributed by atoms with van der Waals surface area (Å²) in [5.74, 6) is -3.14. The number of carboxylic acid groups (broad SMARTS) is 1. The van der Waals surface area contributed by atoms with E-state index in [1.807, 2.05) is 0 Å². The van der Waals surface area contributed by atoms with Gasteiger partial charge in [-0.25, -0.2) is 4.79 Å². The van der Waals surface area contributed by atoms with E-state index in [0.29, 0.717) is 6.92 Å². The highest BCUT2D eigenvalue weighted by Crippen LogP contribution is 2.33. The van der Waals surface area contributed by atoms with E-state index < -0.39 is 23.6 Å². The van der Waals surface area contributed by atoms with Crippen molar-refractivity contribution in [3.8, 4) is 0 Å². The Labute approximate surface area is 123 Å². The second-order valence-corrected chi connectivity index (χ2v) is 6.28. The minimum absolute atomic E-state index is 0.124. The van der Waals surface area contributed by atoms with Crippen LogP contribution in [0.1, 0.15) is 39.9 Å². The molecule has 116 valence electrons. The molecule has 1 amide bonds. The first kappa shape index (κ1) is 15.8. The van der Waals surface area contributed by atoms with E-state index in [4.69, 9.17) is 5.11 Å². The standard InChI is InChI=1S/C13H14F3NO3S/c1-12(11(19)20,13(14,15)16)17-10(18)9-6-7-4-2-3-5-8(7)21-9/h6H,2-5H2,1H3,(H,17,18)(H,19,20). The topological polar surface area (TPSA) is 66.4 Å². The van der Waals surface area contributed by atoms with Gasteiger partial charge >= 0.3 is 12.1 Å². The van der Waals surface area contributed by atoms with Crippen molar-refractivity contribution < 1.29 is 27.9 Å². The van der Waals surface area contributed by atoms with Gasteiger partial charge in [-0.3, -0.25) is 4.79 Å². The number of alkyl halides is 3. The number of aryl methyl sites for hydroxylation is 2. The second-order valence-electron chi connectivity index (χ2n) is 5.15. The maximum Gasteiger partial charge on any atom is 0.422 e. The van der Waals surface area contributed by atoms with E-state index in [1.165, 1.54) is 0 Å². The molecular weight excluding hydrogens is 307 g/mol. The Kier molecular flexibility index (Phi) is 4.01. The molecule has 2 N–H and O–H groups in total. The second kappa shape index (κ2) is 5.32. The molecule has 8 heteroatoms. The summed E-state index contributed by atoms with van der Waals surface area (Å²) in [6, 6.07) is 1.56. The van der Waals surface area contributed by atoms with Crippen molar-refractivity contribution in [2.75, 3.05) is 0 Å². The van der Waals surface area contributed by atoms with Crippen LogP contribution in [0.5, 0.6) is 0 Å². The van der Waals surface area contributed by atoms with Gasteiger partial charge in [-0.15, -0.1) is 11.3 Å². The van der Waals surface area contributed by atoms with Crippen molar-refractivity contribution in [3.05, 3.63) is 21.4 Å². The summed E-state index contributed by atoms with van der Waals surface area (Å²) in [6.45, 7) is 0.445. The summed E-state index contributed by atoms with van der Waals surface area (Å²) in [7, 11) is 0. The molecule has 1 aromatic heterocycles. The van der Waals surface area contributed by atoms with Gasteiger partial charge in [-0.1, -0.05) is 0 Å². The molecule has 1 aromatic rings. The van der Waals surface area contributed by atoms with Crippen LogP contribution in [0.2, 0.25) is 0 Å². The fourth-order valence-electron chi connectivity index (χ4n) is 2.14. The lowest BCUT2D eigenvalue weighted by Crippen LogP contribution is -2.61. The first-order valence-corrected chi connectivity index (χ1v) is 7.21. The summed E-state index contributed by atoms with van der Waals surface area (Å²) >= 11 is 1.13. The monoisotopic (exact) mass is 321 g/mol. The van der Waals surface area contributed by atoms with Crippen molar-refractivity contribution in [3.63, 3.8) is 0 Å². The number of thiophene rings is 1. The number of halogens is 3. The number of fused-ring (bicyclic) bond motifs is 1. The van der Waals surface area contributed by atoms with Crippen LogP contribution >= 0.6 is 11.3 Å². The molecule has 0 aliphatic heterocycles. The molecule has 21 heavy (non-hydrogen) atoms. The Bertz CT molecular complexity index is 558. The average Bonchev–Trinajstić information content (AvgIpc) is 2.80. The predicted octanol–water partition coefficient (Wildman–Crippen LogP) is 2.76. The van der Waals surface area contributed by atoms with Gasteiger partial charge in [0.25, 0.3) is 5.91 Å². The van der Waals surface area contributed by atoms with Crippen LogP contribution in [0, 0.1) is 0 Å². The van der Waals surface area contributed by atoms with Gasteiger partial charge < -0.3 is 10.4 Å². The summed E-state index contributed by atoms with van der Waals surface area (Å²) in [4.78, 5) is 24.0. The number of rotatable bonds is 3. The van der Waals surface area contributed by atoms with Crippen LogP contribution in [0.25, 0.3) is 0 Å². The van der Waals surface area contributed by atoms with Crippen LogP contribution in [0.3, 0.4) is 0 Å². The third kappa shape index (κ3) is 2.90. The van der Waals surface area contributed by atoms with Gasteiger partial charge in [0.05, 0.1) is 4.88 Å². The van der Waals surface area contributed by atoms with E-state index in [2.05, 4.69) is 0 Å². The van der Waals surface area contributed by atoms with Crippen LogP contribution in [0.15, 0.2) is 6.07 Å². The normalized spacial score (nSPS) is 17.7. The maximum atomic E-state index is 12.9. The van der Waals surface area contributed by atoms with Crippen molar-refractivity contribution in [2.24, 2.45) is 0 Å². The number of amides is 1. The number of carboxylic acids is 1. The summed E-state index contributed by atoms with van der Waals surface area (Å²) in [6.07, 6.45) is -1.49. The molecule has 0 fully saturated rings. The van der Waals surface area contributed by atoms with E-state index in [9.17, 15) is 22.8 Å². The Morgan fingerprint density at radius 2 is 1.90 bits per heavy atom. The Morgan fingerprint density at radius 3 is 2.43 bits per heavy atom. The highest BCUT2D eigenvalue weighted by molar-refractivity contribution is 7.14. The fraction of sp³-hybridized carbons (Fsp3) is 0.538. The van der Waals surface area contributed by atoms with Crippen molar-refractivity contribution in [1.82, 2.24) is 5.32 Å². The maximum absolute atomic E-state index is 12.9. The molecule has 1 unspecified atom stereocenters. The van der Waals surface area contributed by atoms with Gasteiger partial charge in [-0.05, 0) is 44.2 Å². The first-order chi connectivity index (χ1) is 9.65. The molecule has 0 bridgehead atoms. The Morgan fingerprint density at radius 1 is 1.29 bits per heavy atom. The molecule has 2 rings (SSSR count). The van der Waals surface area contributed by atoms with Crippen molar-refractivity contribution in [2.45, 2.75) is 44.3 Å². The van der Waals surface area contributed by atoms with Gasteiger partial charge in [0.1, 0.15) is 0 Å². The van der Waals surface area contributed by atoms with Gasteiger partial charge in [0, 0.05) is 4.88 Å². The van der Waals surface area contributed by atoms with Crippen LogP contribution < -0.4 is 5.32 Å². The minimum Gasteiger partial charge on any atom is -0.479 e. The number of carbonyl (C=O) groups excluding carboxylic acids is 1. The fourth-order valence-corrected chi connectivity index (χ4v) is 3.29. The van der Waals surface area contributed by atoms with Crippen molar-refractivity contribution >= 4 is 23.2 Å². The lowest BCUT2D eigenvalue weighted by atomic mass is 9.99. The highest BCUT2D eigenvalue weighted by atomic mass is 32.1. The molecule has 0 spiro atoms. The lowest BCUT2D eigenvalue weighted by Gasteiger charge is -2.28. The number of nitrogens with one attached hydrogen (secondary N) is 1. The summed E-state index contributed by atoms with van der Waals surface area (Å²) in [5, 5.41) is 10.4. The molecule has 1 aliphatic rings. The largest absolute Gasteiger partial charge is 0.479 e. The highest BCUT2D eigenvalue weighted by Gasteiger charge is 2.58. The van der Waals surface area contributed by atoms with E-state index in [-0.39, 0.29) is 4.88 Å². The average molecular weight is 321 g/mol. The van der Waals surface area contributed by atoms with Gasteiger partial charge in [-0.2, -0.15) is 13.2 Å². The molecule has 1 atom stereocenters. The third-order valence-corrected chi connectivity index (χ3v) is 4.81. The zero-order chi connectivity index (χ0) is 15.8. The first-order valence-electron chi connectivity index (χ1n) is 6.39. The Hall–Kier alpha value is -1.57. The number of hydrogen-bond acceptors (Lipinski definition) is 3. The van der Waals surface area contributed by atoms with Crippen LogP contribution in [-0.2, 0) is 17.6 Å². The number of hydrogen-bond donors (Lipinski definition) is 2. The molecule has 0 saturated heterocycles. The lowest BCUT2D eigenvalue weighted by molar-refractivity contribution is -0.203.